The average Bonchev–Trinajstić information content (AvgIpc) is 3.26. The fourth-order valence-electron chi connectivity index (χ4n) is 2.95. The van der Waals surface area contributed by atoms with Gasteiger partial charge in [0.1, 0.15) is 11.5 Å². The minimum Gasteiger partial charge on any atom is -0.464 e. The van der Waals surface area contributed by atoms with E-state index in [0.29, 0.717) is 18.8 Å². The minimum absolute atomic E-state index is 0.0791. The fourth-order valence-corrected chi connectivity index (χ4v) is 4.70. The van der Waals surface area contributed by atoms with Gasteiger partial charge in [0.25, 0.3) is 5.91 Å². The van der Waals surface area contributed by atoms with E-state index in [0.717, 1.165) is 18.6 Å². The maximum atomic E-state index is 12.7. The van der Waals surface area contributed by atoms with Crippen molar-refractivity contribution in [2.45, 2.75) is 37.6 Å². The van der Waals surface area contributed by atoms with E-state index in [-0.39, 0.29) is 21.5 Å². The van der Waals surface area contributed by atoms with Crippen LogP contribution in [0.2, 0.25) is 5.02 Å². The summed E-state index contributed by atoms with van der Waals surface area (Å²) in [6.45, 7) is 4.61. The van der Waals surface area contributed by atoms with Crippen molar-refractivity contribution in [3.05, 3.63) is 52.4 Å². The van der Waals surface area contributed by atoms with Crippen LogP contribution in [-0.4, -0.2) is 31.7 Å². The topological polar surface area (TPSA) is 79.6 Å². The Morgan fingerprint density at radius 1 is 1.23 bits per heavy atom. The number of amides is 1. The Kier molecular flexibility index (Phi) is 5.41. The van der Waals surface area contributed by atoms with Crippen LogP contribution in [0.4, 0.5) is 0 Å². The molecule has 1 amide bonds. The summed E-state index contributed by atoms with van der Waals surface area (Å²) in [4.78, 5) is 12.7. The van der Waals surface area contributed by atoms with Gasteiger partial charge in [0.2, 0.25) is 10.0 Å². The van der Waals surface area contributed by atoms with E-state index in [2.05, 4.69) is 5.32 Å². The lowest BCUT2D eigenvalue weighted by atomic mass is 10.2. The molecule has 0 radical (unpaired) electrons. The number of benzene rings is 1. The van der Waals surface area contributed by atoms with E-state index in [1.807, 2.05) is 13.0 Å². The first-order chi connectivity index (χ1) is 12.3. The molecule has 6 nitrogen and oxygen atoms in total. The fraction of sp³-hybridized carbons (Fsp3) is 0.389. The molecular weight excluding hydrogens is 376 g/mol. The van der Waals surface area contributed by atoms with Crippen LogP contribution in [0.3, 0.4) is 0 Å². The molecule has 8 heteroatoms. The third-order valence-electron chi connectivity index (χ3n) is 4.42. The molecule has 1 saturated heterocycles. The van der Waals surface area contributed by atoms with E-state index in [1.165, 1.54) is 22.5 Å². The summed E-state index contributed by atoms with van der Waals surface area (Å²) in [5.41, 5.74) is 0.127. The van der Waals surface area contributed by atoms with Crippen molar-refractivity contribution in [3.63, 3.8) is 0 Å². The molecular formula is C18H21ClN2O4S. The van der Waals surface area contributed by atoms with E-state index in [9.17, 15) is 13.2 Å². The van der Waals surface area contributed by atoms with Gasteiger partial charge in [-0.05, 0) is 57.0 Å². The summed E-state index contributed by atoms with van der Waals surface area (Å²) in [6, 6.07) is 7.45. The molecule has 3 rings (SSSR count). The molecule has 0 bridgehead atoms. The molecule has 2 heterocycles. The van der Waals surface area contributed by atoms with Gasteiger partial charge in [0.05, 0.1) is 21.5 Å². The summed E-state index contributed by atoms with van der Waals surface area (Å²) in [5, 5.41) is 2.99. The minimum atomic E-state index is -3.61. The van der Waals surface area contributed by atoms with Crippen molar-refractivity contribution in [2.24, 2.45) is 0 Å². The number of sulfonamides is 1. The van der Waals surface area contributed by atoms with E-state index in [1.54, 1.807) is 13.0 Å². The zero-order valence-corrected chi connectivity index (χ0v) is 16.2. The monoisotopic (exact) mass is 396 g/mol. The van der Waals surface area contributed by atoms with Gasteiger partial charge in [-0.25, -0.2) is 8.42 Å². The van der Waals surface area contributed by atoms with Gasteiger partial charge in [-0.2, -0.15) is 4.31 Å². The zero-order valence-electron chi connectivity index (χ0n) is 14.7. The maximum Gasteiger partial charge on any atom is 0.253 e. The van der Waals surface area contributed by atoms with Crippen LogP contribution in [-0.2, 0) is 10.0 Å². The molecule has 1 aromatic heterocycles. The van der Waals surface area contributed by atoms with Crippen molar-refractivity contribution in [2.75, 3.05) is 13.1 Å². The molecule has 140 valence electrons. The summed E-state index contributed by atoms with van der Waals surface area (Å²) in [7, 11) is -3.61. The molecule has 0 spiro atoms. The summed E-state index contributed by atoms with van der Waals surface area (Å²) in [6.07, 6.45) is 1.69. The molecule has 1 fully saturated rings. The van der Waals surface area contributed by atoms with Crippen LogP contribution in [0.1, 0.15) is 47.7 Å². The Balaban J connectivity index is 1.84. The van der Waals surface area contributed by atoms with Crippen LogP contribution in [0.25, 0.3) is 0 Å². The first-order valence-electron chi connectivity index (χ1n) is 8.46. The number of halogens is 1. The lowest BCUT2D eigenvalue weighted by Gasteiger charge is -2.17. The average molecular weight is 397 g/mol. The molecule has 1 atom stereocenters. The van der Waals surface area contributed by atoms with Gasteiger partial charge in [-0.1, -0.05) is 11.6 Å². The Labute approximate surface area is 158 Å². The van der Waals surface area contributed by atoms with Crippen LogP contribution in [0, 0.1) is 6.92 Å². The highest BCUT2D eigenvalue weighted by Crippen LogP contribution is 2.26. The molecule has 0 aliphatic carbocycles. The van der Waals surface area contributed by atoms with Gasteiger partial charge in [-0.15, -0.1) is 0 Å². The third kappa shape index (κ3) is 3.79. The van der Waals surface area contributed by atoms with Gasteiger partial charge < -0.3 is 9.73 Å². The van der Waals surface area contributed by atoms with Crippen molar-refractivity contribution >= 4 is 27.5 Å². The first kappa shape index (κ1) is 18.9. The lowest BCUT2D eigenvalue weighted by molar-refractivity contribution is 0.0935. The van der Waals surface area contributed by atoms with E-state index in [4.69, 9.17) is 16.0 Å². The summed E-state index contributed by atoms with van der Waals surface area (Å²) in [5.74, 6) is 0.917. The molecule has 26 heavy (non-hydrogen) atoms. The predicted molar refractivity (Wildman–Crippen MR) is 98.8 cm³/mol. The first-order valence-corrected chi connectivity index (χ1v) is 10.3. The number of carbonyl (C=O) groups is 1. The number of nitrogens with zero attached hydrogens (tertiary/aromatic N) is 1. The van der Waals surface area contributed by atoms with Crippen LogP contribution in [0.5, 0.6) is 0 Å². The van der Waals surface area contributed by atoms with Crippen molar-refractivity contribution < 1.29 is 17.6 Å². The number of nitrogens with one attached hydrogen (secondary N) is 1. The van der Waals surface area contributed by atoms with E-state index < -0.39 is 15.9 Å². The Bertz CT molecular complexity index is 917. The quantitative estimate of drug-likeness (QED) is 0.838. The van der Waals surface area contributed by atoms with Crippen molar-refractivity contribution in [1.29, 1.82) is 0 Å². The Hall–Kier alpha value is -1.83. The molecule has 1 aromatic carbocycles. The van der Waals surface area contributed by atoms with Gasteiger partial charge in [0.15, 0.2) is 0 Å². The number of aryl methyl sites for hydroxylation is 1. The number of hydrogen-bond donors (Lipinski definition) is 1. The molecule has 1 N–H and O–H groups in total. The normalized spacial score (nSPS) is 16.6. The second-order valence-electron chi connectivity index (χ2n) is 6.40. The highest BCUT2D eigenvalue weighted by atomic mass is 35.5. The second-order valence-corrected chi connectivity index (χ2v) is 8.74. The number of hydrogen-bond acceptors (Lipinski definition) is 4. The second kappa shape index (κ2) is 7.42. The number of rotatable bonds is 5. The van der Waals surface area contributed by atoms with Crippen LogP contribution < -0.4 is 5.32 Å². The van der Waals surface area contributed by atoms with Crippen molar-refractivity contribution in [3.8, 4) is 0 Å². The standard InChI is InChI=1S/C18H21ClN2O4S/c1-12-5-8-17(25-12)13(2)20-18(22)15-11-14(6-7-16(15)19)26(23,24)21-9-3-4-10-21/h5-8,11,13H,3-4,9-10H2,1-2H3,(H,20,22). The highest BCUT2D eigenvalue weighted by molar-refractivity contribution is 7.89. The molecule has 2 aromatic rings. The van der Waals surface area contributed by atoms with Crippen LogP contribution in [0.15, 0.2) is 39.6 Å². The van der Waals surface area contributed by atoms with Crippen molar-refractivity contribution in [1.82, 2.24) is 9.62 Å². The van der Waals surface area contributed by atoms with E-state index >= 15 is 0 Å². The predicted octanol–water partition coefficient (Wildman–Crippen LogP) is 3.52. The Morgan fingerprint density at radius 3 is 2.54 bits per heavy atom. The molecule has 1 aliphatic rings. The van der Waals surface area contributed by atoms with Crippen LogP contribution >= 0.6 is 11.6 Å². The SMILES string of the molecule is Cc1ccc(C(C)NC(=O)c2cc(S(=O)(=O)N3CCCC3)ccc2Cl)o1. The zero-order chi connectivity index (χ0) is 18.9. The molecule has 0 saturated carbocycles. The van der Waals surface area contributed by atoms with Gasteiger partial charge >= 0.3 is 0 Å². The molecule has 1 aliphatic heterocycles. The lowest BCUT2D eigenvalue weighted by Crippen LogP contribution is -2.29. The summed E-state index contributed by atoms with van der Waals surface area (Å²) >= 11 is 6.14. The molecule has 1 unspecified atom stereocenters. The number of carbonyl (C=O) groups excluding carboxylic acids is 1. The highest BCUT2D eigenvalue weighted by Gasteiger charge is 2.28. The summed E-state index contributed by atoms with van der Waals surface area (Å²) < 4.78 is 32.4. The Morgan fingerprint density at radius 2 is 1.92 bits per heavy atom. The van der Waals surface area contributed by atoms with Gasteiger partial charge in [-0.3, -0.25) is 4.79 Å². The maximum absolute atomic E-state index is 12.7. The number of furan rings is 1. The van der Waals surface area contributed by atoms with Gasteiger partial charge in [0, 0.05) is 13.1 Å². The largest absolute Gasteiger partial charge is 0.464 e. The third-order valence-corrected chi connectivity index (χ3v) is 6.65. The smallest absolute Gasteiger partial charge is 0.253 e.